The van der Waals surface area contributed by atoms with Crippen molar-refractivity contribution in [2.24, 2.45) is 0 Å². The van der Waals surface area contributed by atoms with Gasteiger partial charge in [-0.1, -0.05) is 35.3 Å². The number of hydrogen-bond acceptors (Lipinski definition) is 2. The Morgan fingerprint density at radius 2 is 1.65 bits per heavy atom. The second kappa shape index (κ2) is 5.86. The maximum absolute atomic E-state index is 12.7. The molecule has 2 nitrogen and oxygen atoms in total. The Hall–Kier alpha value is -1.51. The number of hydrogen-bond donors (Lipinski definition) is 0. The summed E-state index contributed by atoms with van der Waals surface area (Å²) in [6, 6.07) is 8.63. The lowest BCUT2D eigenvalue weighted by Crippen LogP contribution is -2.07. The number of carbonyl (C=O) groups excluding carboxylic acids is 1. The summed E-state index contributed by atoms with van der Waals surface area (Å²) in [7, 11) is 1.55. The minimum Gasteiger partial charge on any atom is -0.496 e. The molecular formula is C16H14Cl2O2. The van der Waals surface area contributed by atoms with Crippen LogP contribution in [0.1, 0.15) is 27.0 Å². The highest BCUT2D eigenvalue weighted by Gasteiger charge is 2.21. The van der Waals surface area contributed by atoms with Gasteiger partial charge in [0.2, 0.25) is 0 Å². The zero-order chi connectivity index (χ0) is 14.9. The highest BCUT2D eigenvalue weighted by atomic mass is 35.5. The van der Waals surface area contributed by atoms with Crippen LogP contribution < -0.4 is 4.74 Å². The first kappa shape index (κ1) is 14.9. The van der Waals surface area contributed by atoms with E-state index in [0.29, 0.717) is 26.9 Å². The molecule has 20 heavy (non-hydrogen) atoms. The Labute approximate surface area is 128 Å². The molecule has 2 rings (SSSR count). The molecule has 0 aromatic heterocycles. The summed E-state index contributed by atoms with van der Waals surface area (Å²) < 4.78 is 5.37. The monoisotopic (exact) mass is 308 g/mol. The van der Waals surface area contributed by atoms with Crippen LogP contribution >= 0.6 is 23.2 Å². The van der Waals surface area contributed by atoms with Crippen molar-refractivity contribution in [1.82, 2.24) is 0 Å². The molecule has 0 unspecified atom stereocenters. The quantitative estimate of drug-likeness (QED) is 0.758. The number of halogens is 2. The summed E-state index contributed by atoms with van der Waals surface area (Å²) in [6.45, 7) is 3.88. The molecule has 0 heterocycles. The Kier molecular flexibility index (Phi) is 4.36. The lowest BCUT2D eigenvalue weighted by atomic mass is 9.97. The molecule has 2 aromatic rings. The van der Waals surface area contributed by atoms with Crippen molar-refractivity contribution in [1.29, 1.82) is 0 Å². The third-order valence-corrected chi connectivity index (χ3v) is 3.95. The van der Waals surface area contributed by atoms with Gasteiger partial charge in [-0.2, -0.15) is 0 Å². The Balaban J connectivity index is 2.63. The normalized spacial score (nSPS) is 10.4. The molecule has 0 saturated carbocycles. The highest BCUT2D eigenvalue weighted by Crippen LogP contribution is 2.32. The van der Waals surface area contributed by atoms with E-state index in [0.717, 1.165) is 11.1 Å². The average molecular weight is 309 g/mol. The highest BCUT2D eigenvalue weighted by molar-refractivity contribution is 6.41. The number of rotatable bonds is 3. The fourth-order valence-electron chi connectivity index (χ4n) is 2.08. The van der Waals surface area contributed by atoms with Crippen LogP contribution in [0.25, 0.3) is 0 Å². The molecule has 0 aliphatic rings. The molecule has 0 saturated heterocycles. The lowest BCUT2D eigenvalue weighted by Gasteiger charge is -2.14. The van der Waals surface area contributed by atoms with Gasteiger partial charge in [0.05, 0.1) is 28.3 Å². The van der Waals surface area contributed by atoms with E-state index in [2.05, 4.69) is 0 Å². The van der Waals surface area contributed by atoms with Crippen LogP contribution in [0.5, 0.6) is 5.75 Å². The average Bonchev–Trinajstić information content (AvgIpc) is 2.41. The largest absolute Gasteiger partial charge is 0.496 e. The van der Waals surface area contributed by atoms with E-state index in [1.54, 1.807) is 31.4 Å². The van der Waals surface area contributed by atoms with Gasteiger partial charge in [-0.15, -0.1) is 0 Å². The van der Waals surface area contributed by atoms with Crippen LogP contribution in [-0.4, -0.2) is 12.9 Å². The standard InChI is InChI=1S/C16H14Cl2O2/c1-9-7-8-11(16(20-3)10(9)2)15(19)14-12(17)5-4-6-13(14)18/h4-8H,1-3H3. The number of ketones is 1. The van der Waals surface area contributed by atoms with Gasteiger partial charge >= 0.3 is 0 Å². The van der Waals surface area contributed by atoms with E-state index in [1.807, 2.05) is 19.9 Å². The number of methoxy groups -OCH3 is 1. The second-order valence-electron chi connectivity index (χ2n) is 4.51. The van der Waals surface area contributed by atoms with E-state index in [9.17, 15) is 4.79 Å². The van der Waals surface area contributed by atoms with E-state index in [-0.39, 0.29) is 5.78 Å². The Morgan fingerprint density at radius 3 is 2.20 bits per heavy atom. The third-order valence-electron chi connectivity index (χ3n) is 3.32. The topological polar surface area (TPSA) is 26.3 Å². The van der Waals surface area contributed by atoms with Gasteiger partial charge in [-0.3, -0.25) is 4.79 Å². The van der Waals surface area contributed by atoms with Crippen molar-refractivity contribution >= 4 is 29.0 Å². The maximum atomic E-state index is 12.7. The van der Waals surface area contributed by atoms with Gasteiger partial charge in [0.15, 0.2) is 5.78 Å². The maximum Gasteiger partial charge on any atom is 0.199 e. The summed E-state index contributed by atoms with van der Waals surface area (Å²) in [6.07, 6.45) is 0. The van der Waals surface area contributed by atoms with E-state index in [1.165, 1.54) is 0 Å². The molecule has 0 amide bonds. The molecule has 0 aliphatic heterocycles. The SMILES string of the molecule is COc1c(C(=O)c2c(Cl)cccc2Cl)ccc(C)c1C. The molecule has 104 valence electrons. The second-order valence-corrected chi connectivity index (χ2v) is 5.33. The fraction of sp³-hybridized carbons (Fsp3) is 0.188. The molecule has 0 N–H and O–H groups in total. The van der Waals surface area contributed by atoms with Crippen LogP contribution in [0, 0.1) is 13.8 Å². The van der Waals surface area contributed by atoms with Crippen molar-refractivity contribution in [3.05, 3.63) is 62.6 Å². The number of benzene rings is 2. The van der Waals surface area contributed by atoms with Gasteiger partial charge in [0.25, 0.3) is 0 Å². The molecular weight excluding hydrogens is 295 g/mol. The predicted octanol–water partition coefficient (Wildman–Crippen LogP) is 4.85. The van der Waals surface area contributed by atoms with Crippen molar-refractivity contribution in [3.63, 3.8) is 0 Å². The molecule has 0 radical (unpaired) electrons. The summed E-state index contributed by atoms with van der Waals surface area (Å²) in [5.41, 5.74) is 2.76. The Morgan fingerprint density at radius 1 is 1.05 bits per heavy atom. The van der Waals surface area contributed by atoms with E-state index < -0.39 is 0 Å². The molecule has 4 heteroatoms. The van der Waals surface area contributed by atoms with Gasteiger partial charge in [0.1, 0.15) is 5.75 Å². The van der Waals surface area contributed by atoms with Gasteiger partial charge < -0.3 is 4.74 Å². The lowest BCUT2D eigenvalue weighted by molar-refractivity contribution is 0.103. The number of carbonyl (C=O) groups is 1. The van der Waals surface area contributed by atoms with Crippen LogP contribution in [0.4, 0.5) is 0 Å². The van der Waals surface area contributed by atoms with Crippen molar-refractivity contribution in [2.75, 3.05) is 7.11 Å². The van der Waals surface area contributed by atoms with Crippen molar-refractivity contribution < 1.29 is 9.53 Å². The fourth-order valence-corrected chi connectivity index (χ4v) is 2.65. The summed E-state index contributed by atoms with van der Waals surface area (Å²) in [4.78, 5) is 12.7. The zero-order valence-corrected chi connectivity index (χ0v) is 13.0. The van der Waals surface area contributed by atoms with E-state index in [4.69, 9.17) is 27.9 Å². The minimum atomic E-state index is -0.236. The van der Waals surface area contributed by atoms with Crippen LogP contribution in [0.2, 0.25) is 10.0 Å². The first-order valence-corrected chi connectivity index (χ1v) is 6.86. The minimum absolute atomic E-state index is 0.236. The van der Waals surface area contributed by atoms with Gasteiger partial charge in [0, 0.05) is 0 Å². The van der Waals surface area contributed by atoms with Crippen molar-refractivity contribution in [3.8, 4) is 5.75 Å². The smallest absolute Gasteiger partial charge is 0.199 e. The first-order valence-electron chi connectivity index (χ1n) is 6.10. The predicted molar refractivity (Wildman–Crippen MR) is 82.4 cm³/mol. The summed E-state index contributed by atoms with van der Waals surface area (Å²) >= 11 is 12.2. The van der Waals surface area contributed by atoms with Crippen LogP contribution in [-0.2, 0) is 0 Å². The molecule has 0 bridgehead atoms. The third kappa shape index (κ3) is 2.54. The zero-order valence-electron chi connectivity index (χ0n) is 11.5. The van der Waals surface area contributed by atoms with Gasteiger partial charge in [-0.25, -0.2) is 0 Å². The molecule has 0 fully saturated rings. The summed E-state index contributed by atoms with van der Waals surface area (Å²) in [5.74, 6) is 0.325. The molecule has 0 spiro atoms. The van der Waals surface area contributed by atoms with Crippen LogP contribution in [0.15, 0.2) is 30.3 Å². The van der Waals surface area contributed by atoms with Crippen LogP contribution in [0.3, 0.4) is 0 Å². The first-order chi connectivity index (χ1) is 9.47. The van der Waals surface area contributed by atoms with Gasteiger partial charge in [-0.05, 0) is 43.2 Å². The Bertz CT molecular complexity index is 658. The molecule has 2 aromatic carbocycles. The van der Waals surface area contributed by atoms with E-state index >= 15 is 0 Å². The molecule has 0 aliphatic carbocycles. The van der Waals surface area contributed by atoms with Crippen molar-refractivity contribution in [2.45, 2.75) is 13.8 Å². The number of aryl methyl sites for hydroxylation is 1. The molecule has 0 atom stereocenters. The summed E-state index contributed by atoms with van der Waals surface area (Å²) in [5, 5.41) is 0.672. The number of ether oxygens (including phenoxy) is 1.